The minimum Gasteiger partial charge on any atom is -0.462 e. The van der Waals surface area contributed by atoms with Crippen molar-refractivity contribution in [3.8, 4) is 0 Å². The molecule has 8 nitrogen and oxygen atoms in total. The summed E-state index contributed by atoms with van der Waals surface area (Å²) in [7, 11) is 1.69. The Morgan fingerprint density at radius 1 is 0.957 bits per heavy atom. The van der Waals surface area contributed by atoms with Gasteiger partial charge in [-0.1, -0.05) is 39.0 Å². The molecule has 5 aliphatic carbocycles. The highest BCUT2D eigenvalue weighted by Crippen LogP contribution is 2.87. The minimum atomic E-state index is -1.26. The van der Waals surface area contributed by atoms with E-state index in [9.17, 15) is 19.8 Å². The normalized spacial score (nSPS) is 45.5. The molecule has 7 rings (SSSR count). The summed E-state index contributed by atoms with van der Waals surface area (Å²) < 4.78 is 24.8. The van der Waals surface area contributed by atoms with E-state index >= 15 is 0 Å². The molecule has 0 aromatic heterocycles. The van der Waals surface area contributed by atoms with E-state index in [4.69, 9.17) is 18.9 Å². The second-order valence-corrected chi connectivity index (χ2v) is 17.6. The zero-order chi connectivity index (χ0) is 33.7. The van der Waals surface area contributed by atoms with Gasteiger partial charge >= 0.3 is 11.9 Å². The van der Waals surface area contributed by atoms with Crippen molar-refractivity contribution in [1.82, 2.24) is 0 Å². The van der Waals surface area contributed by atoms with E-state index in [-0.39, 0.29) is 57.6 Å². The lowest BCUT2D eigenvalue weighted by atomic mass is 9.41. The van der Waals surface area contributed by atoms with Gasteiger partial charge in [0.15, 0.2) is 6.29 Å². The van der Waals surface area contributed by atoms with Gasteiger partial charge in [-0.15, -0.1) is 0 Å². The van der Waals surface area contributed by atoms with Gasteiger partial charge in [0.2, 0.25) is 0 Å². The quantitative estimate of drug-likeness (QED) is 0.330. The number of rotatable bonds is 7. The van der Waals surface area contributed by atoms with Gasteiger partial charge in [-0.25, -0.2) is 4.79 Å². The Morgan fingerprint density at radius 2 is 1.64 bits per heavy atom. The number of aliphatic hydroxyl groups excluding tert-OH is 1. The van der Waals surface area contributed by atoms with Gasteiger partial charge in [0.05, 0.1) is 17.3 Å². The van der Waals surface area contributed by atoms with E-state index in [1.807, 2.05) is 30.3 Å². The van der Waals surface area contributed by atoms with Crippen molar-refractivity contribution in [3.63, 3.8) is 0 Å². The van der Waals surface area contributed by atoms with Crippen LogP contribution in [0, 0.1) is 51.2 Å². The third-order valence-electron chi connectivity index (χ3n) is 14.8. The third-order valence-corrected chi connectivity index (χ3v) is 14.8. The standard InChI is InChI=1S/C39H56O8/c1-22(40)45-27-20-29-35(2,3)30(47-33(42)23-11-9-8-10-12-23)15-16-37(29,6)26-14-17-38-21-39(38,31(26)27)18-13-25(38)24-19-28(46-34(24)44-7)32(41)36(4,5)43/h8-12,24-32,34,41,43H,13-21H2,1-7H3/t24-,25-,26-,27+,28+,29-,30+,31-,32-,34-,37+,38+,39-/m0/s1. The Labute approximate surface area is 280 Å². The topological polar surface area (TPSA) is 112 Å². The van der Waals surface area contributed by atoms with Crippen LogP contribution in [0.5, 0.6) is 0 Å². The largest absolute Gasteiger partial charge is 0.462 e. The first-order valence-electron chi connectivity index (χ1n) is 18.1. The maximum absolute atomic E-state index is 13.2. The number of hydrogen-bond acceptors (Lipinski definition) is 8. The molecule has 2 N–H and O–H groups in total. The van der Waals surface area contributed by atoms with Crippen LogP contribution in [0.3, 0.4) is 0 Å². The highest BCUT2D eigenvalue weighted by molar-refractivity contribution is 5.89. The van der Waals surface area contributed by atoms with E-state index in [1.165, 1.54) is 0 Å². The van der Waals surface area contributed by atoms with Crippen LogP contribution in [0.15, 0.2) is 30.3 Å². The lowest BCUT2D eigenvalue weighted by Gasteiger charge is -2.65. The van der Waals surface area contributed by atoms with Crippen LogP contribution in [0.2, 0.25) is 0 Å². The van der Waals surface area contributed by atoms with Crippen molar-refractivity contribution in [2.24, 2.45) is 51.2 Å². The fourth-order valence-corrected chi connectivity index (χ4v) is 12.9. The fraction of sp³-hybridized carbons (Fsp3) is 0.795. The second-order valence-electron chi connectivity index (χ2n) is 17.6. The number of carbonyl (C=O) groups excluding carboxylic acids is 2. The Balaban J connectivity index is 1.16. The molecule has 6 fully saturated rings. The average Bonchev–Trinajstić information content (AvgIpc) is 3.33. The van der Waals surface area contributed by atoms with Crippen molar-refractivity contribution in [1.29, 1.82) is 0 Å². The zero-order valence-corrected chi connectivity index (χ0v) is 29.4. The molecule has 47 heavy (non-hydrogen) atoms. The predicted octanol–water partition coefficient (Wildman–Crippen LogP) is 6.31. The number of esters is 2. The second kappa shape index (κ2) is 11.3. The van der Waals surface area contributed by atoms with Crippen molar-refractivity contribution in [2.45, 2.75) is 136 Å². The summed E-state index contributed by atoms with van der Waals surface area (Å²) >= 11 is 0. The predicted molar refractivity (Wildman–Crippen MR) is 175 cm³/mol. The summed E-state index contributed by atoms with van der Waals surface area (Å²) in [6, 6.07) is 9.26. The number of carbonyl (C=O) groups is 2. The Bertz CT molecular complexity index is 1370. The smallest absolute Gasteiger partial charge is 0.338 e. The maximum Gasteiger partial charge on any atom is 0.338 e. The van der Waals surface area contributed by atoms with Crippen molar-refractivity contribution in [2.75, 3.05) is 7.11 Å². The van der Waals surface area contributed by atoms with Crippen LogP contribution in [0.4, 0.5) is 0 Å². The molecule has 1 aromatic rings. The first-order valence-corrected chi connectivity index (χ1v) is 18.1. The van der Waals surface area contributed by atoms with E-state index in [1.54, 1.807) is 27.9 Å². The SMILES string of the molecule is CO[C@H]1O[C@@H]([C@H](O)C(C)(C)O)C[C@H]1[C@@H]1CC[C@@]23C[C@]12CC[C@H]1[C@H]3[C@H](OC(C)=O)C[C@H]2C(C)(C)[C@H](OC(=O)c3ccccc3)CC[C@]12C. The molecule has 0 spiro atoms. The fourth-order valence-electron chi connectivity index (χ4n) is 12.9. The first kappa shape index (κ1) is 33.5. The first-order chi connectivity index (χ1) is 22.1. The molecule has 6 aliphatic rings. The lowest BCUT2D eigenvalue weighted by molar-refractivity contribution is -0.215. The molecule has 1 aliphatic heterocycles. The summed E-state index contributed by atoms with van der Waals surface area (Å²) in [5.74, 6) is 1.04. The number of benzene rings is 1. The van der Waals surface area contributed by atoms with Gasteiger partial charge in [-0.05, 0) is 118 Å². The maximum atomic E-state index is 13.2. The molecular formula is C39H56O8. The molecule has 1 aromatic carbocycles. The van der Waals surface area contributed by atoms with Crippen LogP contribution in [0.25, 0.3) is 0 Å². The monoisotopic (exact) mass is 652 g/mol. The molecule has 0 radical (unpaired) electrons. The van der Waals surface area contributed by atoms with Gasteiger partial charge in [0, 0.05) is 31.3 Å². The van der Waals surface area contributed by atoms with Crippen molar-refractivity contribution in [3.05, 3.63) is 35.9 Å². The van der Waals surface area contributed by atoms with Gasteiger partial charge in [0.1, 0.15) is 18.3 Å². The van der Waals surface area contributed by atoms with E-state index in [0.29, 0.717) is 29.7 Å². The van der Waals surface area contributed by atoms with Crippen LogP contribution in [0.1, 0.15) is 110 Å². The Kier molecular flexibility index (Phi) is 8.02. The number of methoxy groups -OCH3 is 1. The number of hydrogen-bond donors (Lipinski definition) is 2. The van der Waals surface area contributed by atoms with Gasteiger partial charge in [-0.2, -0.15) is 0 Å². The van der Waals surface area contributed by atoms with Crippen LogP contribution in [-0.4, -0.2) is 65.6 Å². The summed E-state index contributed by atoms with van der Waals surface area (Å²) in [5.41, 5.74) is -0.624. The van der Waals surface area contributed by atoms with Crippen molar-refractivity contribution >= 4 is 11.9 Å². The van der Waals surface area contributed by atoms with Crippen LogP contribution >= 0.6 is 0 Å². The highest BCUT2D eigenvalue weighted by atomic mass is 16.7. The van der Waals surface area contributed by atoms with Crippen molar-refractivity contribution < 1.29 is 38.7 Å². The third kappa shape index (κ3) is 4.97. The number of fused-ring (bicyclic) bond motifs is 3. The van der Waals surface area contributed by atoms with E-state index in [2.05, 4.69) is 20.8 Å². The van der Waals surface area contributed by atoms with Crippen LogP contribution in [-0.2, 0) is 23.7 Å². The molecule has 13 atom stereocenters. The summed E-state index contributed by atoms with van der Waals surface area (Å²) in [4.78, 5) is 25.9. The summed E-state index contributed by atoms with van der Waals surface area (Å²) in [6.45, 7) is 11.8. The summed E-state index contributed by atoms with van der Waals surface area (Å²) in [6.07, 6.45) is 6.64. The van der Waals surface area contributed by atoms with E-state index in [0.717, 1.165) is 51.4 Å². The van der Waals surface area contributed by atoms with E-state index < -0.39 is 24.1 Å². The molecular weight excluding hydrogens is 596 g/mol. The zero-order valence-electron chi connectivity index (χ0n) is 29.4. The minimum absolute atomic E-state index is 0.0511. The van der Waals surface area contributed by atoms with Crippen LogP contribution < -0.4 is 0 Å². The number of aliphatic hydroxyl groups is 2. The van der Waals surface area contributed by atoms with Gasteiger partial charge < -0.3 is 29.2 Å². The molecule has 0 unspecified atom stereocenters. The molecule has 1 heterocycles. The molecule has 5 saturated carbocycles. The molecule has 1 saturated heterocycles. The Hall–Kier alpha value is -2.00. The molecule has 0 amide bonds. The molecule has 0 bridgehead atoms. The summed E-state index contributed by atoms with van der Waals surface area (Å²) in [5, 5.41) is 21.5. The molecule has 8 heteroatoms. The van der Waals surface area contributed by atoms with Gasteiger partial charge in [0.25, 0.3) is 0 Å². The molecule has 260 valence electrons. The Morgan fingerprint density at radius 3 is 2.30 bits per heavy atom. The average molecular weight is 653 g/mol. The number of ether oxygens (including phenoxy) is 4. The lowest BCUT2D eigenvalue weighted by Crippen LogP contribution is -2.63. The van der Waals surface area contributed by atoms with Gasteiger partial charge in [-0.3, -0.25) is 4.79 Å². The highest BCUT2D eigenvalue weighted by Gasteiger charge is 2.82.